The van der Waals surface area contributed by atoms with E-state index < -0.39 is 0 Å². The summed E-state index contributed by atoms with van der Waals surface area (Å²) in [5.74, 6) is -0.0120. The number of ketones is 1. The summed E-state index contributed by atoms with van der Waals surface area (Å²) in [5, 5.41) is 0. The van der Waals surface area contributed by atoms with Crippen molar-refractivity contribution in [3.63, 3.8) is 0 Å². The lowest BCUT2D eigenvalue weighted by atomic mass is 9.99. The lowest BCUT2D eigenvalue weighted by Crippen LogP contribution is -2.22. The van der Waals surface area contributed by atoms with Gasteiger partial charge in [0.05, 0.1) is 5.92 Å². The van der Waals surface area contributed by atoms with E-state index >= 15 is 0 Å². The third kappa shape index (κ3) is 1.35. The van der Waals surface area contributed by atoms with Gasteiger partial charge in [-0.15, -0.1) is 0 Å². The molecule has 0 fully saturated rings. The standard InChI is InChI=1S/C12H13NO2/c1-7-10-6-9(8(2)14)4-5-11(10)13(3)12(7)15/h4-7H,1-3H3/t7-/m0/s1. The van der Waals surface area contributed by atoms with Crippen LogP contribution in [0.2, 0.25) is 0 Å². The molecule has 1 aliphatic heterocycles. The van der Waals surface area contributed by atoms with E-state index in [9.17, 15) is 9.59 Å². The Labute approximate surface area is 88.7 Å². The summed E-state index contributed by atoms with van der Waals surface area (Å²) in [4.78, 5) is 24.5. The maximum Gasteiger partial charge on any atom is 0.234 e. The topological polar surface area (TPSA) is 37.4 Å². The molecule has 0 saturated heterocycles. The number of fused-ring (bicyclic) bond motifs is 1. The lowest BCUT2D eigenvalue weighted by molar-refractivity contribution is -0.118. The molecule has 2 rings (SSSR count). The average Bonchev–Trinajstić information content (AvgIpc) is 2.44. The number of hydrogen-bond acceptors (Lipinski definition) is 2. The normalized spacial score (nSPS) is 19.3. The van der Waals surface area contributed by atoms with Crippen LogP contribution in [-0.4, -0.2) is 18.7 Å². The van der Waals surface area contributed by atoms with Crippen LogP contribution in [0.15, 0.2) is 18.2 Å². The van der Waals surface area contributed by atoms with Gasteiger partial charge in [-0.05, 0) is 37.6 Å². The van der Waals surface area contributed by atoms with Gasteiger partial charge >= 0.3 is 0 Å². The van der Waals surface area contributed by atoms with Gasteiger partial charge in [-0.1, -0.05) is 0 Å². The van der Waals surface area contributed by atoms with Crippen LogP contribution >= 0.6 is 0 Å². The Balaban J connectivity index is 2.56. The third-order valence-corrected chi connectivity index (χ3v) is 2.96. The number of Topliss-reactive ketones (excluding diaryl/α,β-unsaturated/α-hetero) is 1. The SMILES string of the molecule is CC(=O)c1ccc2c(c1)[C@H](C)C(=O)N2C. The molecule has 0 spiro atoms. The largest absolute Gasteiger partial charge is 0.315 e. The molecule has 1 aromatic carbocycles. The van der Waals surface area contributed by atoms with E-state index in [2.05, 4.69) is 0 Å². The van der Waals surface area contributed by atoms with E-state index in [0.29, 0.717) is 5.56 Å². The number of anilines is 1. The number of nitrogens with zero attached hydrogens (tertiary/aromatic N) is 1. The molecule has 0 bridgehead atoms. The van der Waals surface area contributed by atoms with Crippen LogP contribution < -0.4 is 4.90 Å². The minimum Gasteiger partial charge on any atom is -0.315 e. The second-order valence-corrected chi connectivity index (χ2v) is 3.95. The Bertz CT molecular complexity index is 451. The molecule has 1 heterocycles. The first-order valence-corrected chi connectivity index (χ1v) is 4.95. The van der Waals surface area contributed by atoms with Crippen LogP contribution in [0.25, 0.3) is 0 Å². The van der Waals surface area contributed by atoms with Gasteiger partial charge in [0.2, 0.25) is 5.91 Å². The molecule has 1 aromatic rings. The Hall–Kier alpha value is -1.64. The molecular formula is C12H13NO2. The molecule has 3 nitrogen and oxygen atoms in total. The number of benzene rings is 1. The number of rotatable bonds is 1. The van der Waals surface area contributed by atoms with Gasteiger partial charge in [0.25, 0.3) is 0 Å². The molecule has 3 heteroatoms. The minimum atomic E-state index is -0.135. The van der Waals surface area contributed by atoms with Crippen LogP contribution in [0.1, 0.15) is 35.7 Å². The molecule has 0 saturated carbocycles. The Morgan fingerprint density at radius 3 is 2.67 bits per heavy atom. The molecule has 0 radical (unpaired) electrons. The molecule has 0 unspecified atom stereocenters. The molecule has 1 atom stereocenters. The second-order valence-electron chi connectivity index (χ2n) is 3.95. The van der Waals surface area contributed by atoms with Crippen molar-refractivity contribution in [2.45, 2.75) is 19.8 Å². The first kappa shape index (κ1) is 9.90. The number of carbonyl (C=O) groups is 2. The summed E-state index contributed by atoms with van der Waals surface area (Å²) in [6.45, 7) is 3.40. The quantitative estimate of drug-likeness (QED) is 0.654. The second kappa shape index (κ2) is 3.19. The van der Waals surface area contributed by atoms with Crippen molar-refractivity contribution in [2.75, 3.05) is 11.9 Å². The Morgan fingerprint density at radius 2 is 2.07 bits per heavy atom. The first-order valence-electron chi connectivity index (χ1n) is 4.95. The maximum absolute atomic E-state index is 11.7. The Morgan fingerprint density at radius 1 is 1.40 bits per heavy atom. The zero-order chi connectivity index (χ0) is 11.2. The van der Waals surface area contributed by atoms with Crippen molar-refractivity contribution < 1.29 is 9.59 Å². The molecule has 78 valence electrons. The van der Waals surface area contributed by atoms with Gasteiger partial charge in [0.15, 0.2) is 5.78 Å². The highest BCUT2D eigenvalue weighted by molar-refractivity contribution is 6.05. The van der Waals surface area contributed by atoms with Crippen LogP contribution in [0.3, 0.4) is 0 Å². The number of amides is 1. The third-order valence-electron chi connectivity index (χ3n) is 2.96. The fourth-order valence-corrected chi connectivity index (χ4v) is 1.97. The van der Waals surface area contributed by atoms with Crippen LogP contribution in [0.4, 0.5) is 5.69 Å². The molecule has 1 aliphatic rings. The molecule has 1 amide bonds. The average molecular weight is 203 g/mol. The molecular weight excluding hydrogens is 190 g/mol. The van der Waals surface area contributed by atoms with Gasteiger partial charge in [-0.2, -0.15) is 0 Å². The molecule has 0 aromatic heterocycles. The summed E-state index contributed by atoms with van der Waals surface area (Å²) in [6, 6.07) is 5.43. The highest BCUT2D eigenvalue weighted by atomic mass is 16.2. The summed E-state index contributed by atoms with van der Waals surface area (Å²) in [5.41, 5.74) is 2.54. The van der Waals surface area contributed by atoms with Gasteiger partial charge in [0.1, 0.15) is 0 Å². The van der Waals surface area contributed by atoms with Crippen molar-refractivity contribution in [2.24, 2.45) is 0 Å². The van der Waals surface area contributed by atoms with E-state index in [1.165, 1.54) is 6.92 Å². The predicted octanol–water partition coefficient (Wildman–Crippen LogP) is 1.97. The number of hydrogen-bond donors (Lipinski definition) is 0. The van der Waals surface area contributed by atoms with Crippen molar-refractivity contribution >= 4 is 17.4 Å². The fraction of sp³-hybridized carbons (Fsp3) is 0.333. The first-order chi connectivity index (χ1) is 7.02. The monoisotopic (exact) mass is 203 g/mol. The lowest BCUT2D eigenvalue weighted by Gasteiger charge is -2.09. The fourth-order valence-electron chi connectivity index (χ4n) is 1.97. The minimum absolute atomic E-state index is 0.0343. The van der Waals surface area contributed by atoms with Crippen LogP contribution in [-0.2, 0) is 4.79 Å². The van der Waals surface area contributed by atoms with Crippen molar-refractivity contribution in [1.82, 2.24) is 0 Å². The zero-order valence-electron chi connectivity index (χ0n) is 9.07. The summed E-state index contributed by atoms with van der Waals surface area (Å²) >= 11 is 0. The zero-order valence-corrected chi connectivity index (χ0v) is 9.07. The molecule has 15 heavy (non-hydrogen) atoms. The van der Waals surface area contributed by atoms with Gasteiger partial charge < -0.3 is 4.90 Å². The molecule has 0 aliphatic carbocycles. The summed E-state index contributed by atoms with van der Waals surface area (Å²) < 4.78 is 0. The highest BCUT2D eigenvalue weighted by Gasteiger charge is 2.31. The summed E-state index contributed by atoms with van der Waals surface area (Å²) in [6.07, 6.45) is 0. The van der Waals surface area contributed by atoms with Crippen molar-refractivity contribution in [3.8, 4) is 0 Å². The predicted molar refractivity (Wildman–Crippen MR) is 58.3 cm³/mol. The van der Waals surface area contributed by atoms with E-state index in [-0.39, 0.29) is 17.6 Å². The van der Waals surface area contributed by atoms with Crippen LogP contribution in [0, 0.1) is 0 Å². The van der Waals surface area contributed by atoms with Crippen LogP contribution in [0.5, 0.6) is 0 Å². The van der Waals surface area contributed by atoms with Crippen molar-refractivity contribution in [3.05, 3.63) is 29.3 Å². The van der Waals surface area contributed by atoms with E-state index in [0.717, 1.165) is 11.3 Å². The van der Waals surface area contributed by atoms with Gasteiger partial charge in [0, 0.05) is 18.3 Å². The number of likely N-dealkylation sites (N-methyl/N-ethyl adjacent to an activating group) is 1. The smallest absolute Gasteiger partial charge is 0.234 e. The van der Waals surface area contributed by atoms with Gasteiger partial charge in [-0.25, -0.2) is 0 Å². The number of carbonyl (C=O) groups excluding carboxylic acids is 2. The molecule has 0 N–H and O–H groups in total. The van der Waals surface area contributed by atoms with E-state index in [4.69, 9.17) is 0 Å². The summed E-state index contributed by atoms with van der Waals surface area (Å²) in [7, 11) is 1.76. The van der Waals surface area contributed by atoms with E-state index in [1.807, 2.05) is 19.1 Å². The van der Waals surface area contributed by atoms with E-state index in [1.54, 1.807) is 18.0 Å². The maximum atomic E-state index is 11.7. The Kier molecular flexibility index (Phi) is 2.11. The highest BCUT2D eigenvalue weighted by Crippen LogP contribution is 2.36. The van der Waals surface area contributed by atoms with Gasteiger partial charge in [-0.3, -0.25) is 9.59 Å². The van der Waals surface area contributed by atoms with Crippen molar-refractivity contribution in [1.29, 1.82) is 0 Å².